The van der Waals surface area contributed by atoms with E-state index in [9.17, 15) is 4.79 Å². The van der Waals surface area contributed by atoms with E-state index in [1.807, 2.05) is 0 Å². The third-order valence-corrected chi connectivity index (χ3v) is 2.42. The van der Waals surface area contributed by atoms with E-state index in [1.165, 1.54) is 0 Å². The van der Waals surface area contributed by atoms with E-state index in [0.717, 1.165) is 0 Å². The number of ether oxygens (including phenoxy) is 1. The standard InChI is InChI=1S/C11H17N3O2/c1-7(8(2)12)11(15)14-9-4-5-10(16-3)13-6-9/h4-8H,12H2,1-3H3,(H,14,15). The molecular weight excluding hydrogens is 206 g/mol. The van der Waals surface area contributed by atoms with Crippen LogP contribution >= 0.6 is 0 Å². The third kappa shape index (κ3) is 3.20. The zero-order valence-corrected chi connectivity index (χ0v) is 9.73. The first-order valence-corrected chi connectivity index (χ1v) is 5.11. The molecule has 5 nitrogen and oxygen atoms in total. The molecule has 1 heterocycles. The van der Waals surface area contributed by atoms with Gasteiger partial charge in [0.1, 0.15) is 0 Å². The zero-order valence-electron chi connectivity index (χ0n) is 9.73. The lowest BCUT2D eigenvalue weighted by atomic mass is 10.0. The van der Waals surface area contributed by atoms with Gasteiger partial charge in [0.2, 0.25) is 11.8 Å². The molecular formula is C11H17N3O2. The second-order valence-corrected chi connectivity index (χ2v) is 3.73. The highest BCUT2D eigenvalue weighted by Crippen LogP contribution is 2.12. The molecule has 1 aromatic rings. The molecule has 2 unspecified atom stereocenters. The van der Waals surface area contributed by atoms with Crippen molar-refractivity contribution in [1.82, 2.24) is 4.98 Å². The molecule has 5 heteroatoms. The normalized spacial score (nSPS) is 14.0. The summed E-state index contributed by atoms with van der Waals surface area (Å²) >= 11 is 0. The molecule has 0 aromatic carbocycles. The number of nitrogens with two attached hydrogens (primary N) is 1. The number of pyridine rings is 1. The number of methoxy groups -OCH3 is 1. The highest BCUT2D eigenvalue weighted by atomic mass is 16.5. The Hall–Kier alpha value is -1.62. The van der Waals surface area contributed by atoms with Crippen LogP contribution in [-0.4, -0.2) is 24.0 Å². The first kappa shape index (κ1) is 12.4. The van der Waals surface area contributed by atoms with Gasteiger partial charge in [0.25, 0.3) is 0 Å². The van der Waals surface area contributed by atoms with Crippen molar-refractivity contribution in [1.29, 1.82) is 0 Å². The van der Waals surface area contributed by atoms with Gasteiger partial charge in [-0.2, -0.15) is 0 Å². The van der Waals surface area contributed by atoms with Gasteiger partial charge in [-0.15, -0.1) is 0 Å². The van der Waals surface area contributed by atoms with Crippen LogP contribution < -0.4 is 15.8 Å². The minimum absolute atomic E-state index is 0.109. The van der Waals surface area contributed by atoms with Gasteiger partial charge in [-0.1, -0.05) is 6.92 Å². The quantitative estimate of drug-likeness (QED) is 0.798. The summed E-state index contributed by atoms with van der Waals surface area (Å²) in [5.74, 6) is 0.169. The molecule has 0 aliphatic carbocycles. The summed E-state index contributed by atoms with van der Waals surface area (Å²) in [5.41, 5.74) is 6.28. The Morgan fingerprint density at radius 2 is 2.19 bits per heavy atom. The number of nitrogens with one attached hydrogen (secondary N) is 1. The molecule has 0 saturated carbocycles. The van der Waals surface area contributed by atoms with Crippen LogP contribution in [-0.2, 0) is 4.79 Å². The van der Waals surface area contributed by atoms with Crippen molar-refractivity contribution in [3.63, 3.8) is 0 Å². The lowest BCUT2D eigenvalue weighted by molar-refractivity contribution is -0.119. The summed E-state index contributed by atoms with van der Waals surface area (Å²) in [6.45, 7) is 3.59. The smallest absolute Gasteiger partial charge is 0.228 e. The Kier molecular flexibility index (Phi) is 4.25. The van der Waals surface area contributed by atoms with Crippen LogP contribution in [0.3, 0.4) is 0 Å². The number of amides is 1. The molecule has 1 amide bonds. The highest BCUT2D eigenvalue weighted by Gasteiger charge is 2.16. The summed E-state index contributed by atoms with van der Waals surface area (Å²) in [6.07, 6.45) is 1.55. The topological polar surface area (TPSA) is 77.2 Å². The average molecular weight is 223 g/mol. The molecule has 88 valence electrons. The second kappa shape index (κ2) is 5.46. The van der Waals surface area contributed by atoms with Gasteiger partial charge >= 0.3 is 0 Å². The van der Waals surface area contributed by atoms with Crippen LogP contribution in [0.4, 0.5) is 5.69 Å². The number of nitrogens with zero attached hydrogens (tertiary/aromatic N) is 1. The molecule has 0 saturated heterocycles. The van der Waals surface area contributed by atoms with E-state index < -0.39 is 0 Å². The predicted octanol–water partition coefficient (Wildman–Crippen LogP) is 1.01. The number of anilines is 1. The molecule has 16 heavy (non-hydrogen) atoms. The molecule has 0 bridgehead atoms. The van der Waals surface area contributed by atoms with Crippen LogP contribution in [0, 0.1) is 5.92 Å². The number of carbonyl (C=O) groups excluding carboxylic acids is 1. The minimum Gasteiger partial charge on any atom is -0.481 e. The molecule has 0 fully saturated rings. The van der Waals surface area contributed by atoms with Crippen molar-refractivity contribution in [2.75, 3.05) is 12.4 Å². The second-order valence-electron chi connectivity index (χ2n) is 3.73. The van der Waals surface area contributed by atoms with Crippen LogP contribution in [0.5, 0.6) is 5.88 Å². The molecule has 2 atom stereocenters. The zero-order chi connectivity index (χ0) is 12.1. The monoisotopic (exact) mass is 223 g/mol. The van der Waals surface area contributed by atoms with Crippen molar-refractivity contribution in [3.8, 4) is 5.88 Å². The Morgan fingerprint density at radius 3 is 2.62 bits per heavy atom. The van der Waals surface area contributed by atoms with E-state index in [4.69, 9.17) is 10.5 Å². The Balaban J connectivity index is 2.62. The van der Waals surface area contributed by atoms with Crippen molar-refractivity contribution in [2.24, 2.45) is 11.7 Å². The fourth-order valence-corrected chi connectivity index (χ4v) is 1.07. The van der Waals surface area contributed by atoms with E-state index in [1.54, 1.807) is 39.3 Å². The van der Waals surface area contributed by atoms with Crippen molar-refractivity contribution < 1.29 is 9.53 Å². The summed E-state index contributed by atoms with van der Waals surface area (Å²) in [5, 5.41) is 2.74. The Morgan fingerprint density at radius 1 is 1.50 bits per heavy atom. The number of aromatic nitrogens is 1. The maximum absolute atomic E-state index is 11.7. The van der Waals surface area contributed by atoms with E-state index >= 15 is 0 Å². The molecule has 0 aliphatic rings. The van der Waals surface area contributed by atoms with Gasteiger partial charge in [0.15, 0.2) is 0 Å². The summed E-state index contributed by atoms with van der Waals surface area (Å²) < 4.78 is 4.92. The molecule has 0 aliphatic heterocycles. The molecule has 3 N–H and O–H groups in total. The molecule has 0 radical (unpaired) electrons. The Labute approximate surface area is 95.0 Å². The fourth-order valence-electron chi connectivity index (χ4n) is 1.07. The molecule has 1 rings (SSSR count). The molecule has 0 spiro atoms. The number of hydrogen-bond donors (Lipinski definition) is 2. The summed E-state index contributed by atoms with van der Waals surface area (Å²) in [6, 6.07) is 3.25. The largest absolute Gasteiger partial charge is 0.481 e. The fraction of sp³-hybridized carbons (Fsp3) is 0.455. The van der Waals surface area contributed by atoms with Crippen molar-refractivity contribution in [3.05, 3.63) is 18.3 Å². The lowest BCUT2D eigenvalue weighted by Gasteiger charge is -2.15. The van der Waals surface area contributed by atoms with Crippen LogP contribution in [0.15, 0.2) is 18.3 Å². The van der Waals surface area contributed by atoms with Crippen LogP contribution in [0.2, 0.25) is 0 Å². The van der Waals surface area contributed by atoms with Crippen molar-refractivity contribution >= 4 is 11.6 Å². The van der Waals surface area contributed by atoms with Gasteiger partial charge in [-0.25, -0.2) is 4.98 Å². The number of carbonyl (C=O) groups is 1. The van der Waals surface area contributed by atoms with Gasteiger partial charge in [0, 0.05) is 12.1 Å². The third-order valence-electron chi connectivity index (χ3n) is 2.42. The maximum Gasteiger partial charge on any atom is 0.228 e. The molecule has 1 aromatic heterocycles. The van der Waals surface area contributed by atoms with Gasteiger partial charge in [-0.05, 0) is 13.0 Å². The maximum atomic E-state index is 11.7. The van der Waals surface area contributed by atoms with E-state index in [0.29, 0.717) is 11.6 Å². The van der Waals surface area contributed by atoms with Crippen molar-refractivity contribution in [2.45, 2.75) is 19.9 Å². The van der Waals surface area contributed by atoms with Gasteiger partial charge < -0.3 is 15.8 Å². The van der Waals surface area contributed by atoms with Crippen LogP contribution in [0.1, 0.15) is 13.8 Å². The SMILES string of the molecule is COc1ccc(NC(=O)C(C)C(C)N)cn1. The van der Waals surface area contributed by atoms with E-state index in [-0.39, 0.29) is 17.9 Å². The average Bonchev–Trinajstić information content (AvgIpc) is 2.28. The first-order chi connectivity index (χ1) is 7.54. The minimum atomic E-state index is -0.234. The van der Waals surface area contributed by atoms with Gasteiger partial charge in [0.05, 0.1) is 24.9 Å². The first-order valence-electron chi connectivity index (χ1n) is 5.11. The number of hydrogen-bond acceptors (Lipinski definition) is 4. The summed E-state index contributed by atoms with van der Waals surface area (Å²) in [4.78, 5) is 15.6. The number of rotatable bonds is 4. The highest BCUT2D eigenvalue weighted by molar-refractivity contribution is 5.92. The predicted molar refractivity (Wildman–Crippen MR) is 62.2 cm³/mol. The van der Waals surface area contributed by atoms with Crippen LogP contribution in [0.25, 0.3) is 0 Å². The summed E-state index contributed by atoms with van der Waals surface area (Å²) in [7, 11) is 1.54. The lowest BCUT2D eigenvalue weighted by Crippen LogP contribution is -2.34. The van der Waals surface area contributed by atoms with E-state index in [2.05, 4.69) is 10.3 Å². The van der Waals surface area contributed by atoms with Gasteiger partial charge in [-0.3, -0.25) is 4.79 Å². The Bertz CT molecular complexity index is 349.